The highest BCUT2D eigenvalue weighted by Gasteiger charge is 2.24. The van der Waals surface area contributed by atoms with Gasteiger partial charge in [0.25, 0.3) is 5.91 Å². The molecule has 2 aliphatic heterocycles. The average molecular weight is 333 g/mol. The first-order chi connectivity index (χ1) is 11.7. The monoisotopic (exact) mass is 333 g/mol. The van der Waals surface area contributed by atoms with E-state index in [-0.39, 0.29) is 11.9 Å². The lowest BCUT2D eigenvalue weighted by Crippen LogP contribution is -2.48. The van der Waals surface area contributed by atoms with Gasteiger partial charge in [0.2, 0.25) is 0 Å². The molecule has 2 aromatic heterocycles. The zero-order valence-corrected chi connectivity index (χ0v) is 13.1. The summed E-state index contributed by atoms with van der Waals surface area (Å²) in [6.45, 7) is 3.85. The number of aromatic nitrogens is 3. The fourth-order valence-electron chi connectivity index (χ4n) is 2.74. The Morgan fingerprint density at radius 2 is 2.04 bits per heavy atom. The van der Waals surface area contributed by atoms with E-state index in [2.05, 4.69) is 25.7 Å². The highest BCUT2D eigenvalue weighted by atomic mass is 16.5. The number of amides is 1. The molecule has 10 heteroatoms. The number of hydrogen-bond acceptors (Lipinski definition) is 8. The van der Waals surface area contributed by atoms with Crippen LogP contribution in [0.25, 0.3) is 5.65 Å². The van der Waals surface area contributed by atoms with Gasteiger partial charge in [-0.1, -0.05) is 0 Å². The molecule has 4 N–H and O–H groups in total. The van der Waals surface area contributed by atoms with Gasteiger partial charge in [0, 0.05) is 25.2 Å². The Bertz CT molecular complexity index is 752. The van der Waals surface area contributed by atoms with Crippen molar-refractivity contribution in [3.8, 4) is 0 Å². The van der Waals surface area contributed by atoms with Gasteiger partial charge in [-0.3, -0.25) is 4.79 Å². The number of nitrogen functional groups attached to an aromatic ring is 1. The lowest BCUT2D eigenvalue weighted by atomic mass is 10.2. The van der Waals surface area contributed by atoms with Crippen LogP contribution in [0.2, 0.25) is 0 Å². The number of morpholine rings is 1. The molecule has 2 saturated heterocycles. The molecule has 0 radical (unpaired) electrons. The Morgan fingerprint density at radius 1 is 1.25 bits per heavy atom. The first-order valence-corrected chi connectivity index (χ1v) is 7.83. The standard InChI is InChI=1S/C14H19N7O3/c15-18-11-6-13(20-1-3-23-4-2-20)21-12(17-11)5-10(19-21)14(22)16-9-7-24-8-9/h5-6,9H,1-4,7-8,15H2,(H,16,22)(H,17,18). The predicted molar refractivity (Wildman–Crippen MR) is 85.9 cm³/mol. The van der Waals surface area contributed by atoms with Crippen LogP contribution in [0.3, 0.4) is 0 Å². The minimum Gasteiger partial charge on any atom is -0.378 e. The minimum absolute atomic E-state index is 0.0512. The van der Waals surface area contributed by atoms with Crippen molar-refractivity contribution in [3.63, 3.8) is 0 Å². The SMILES string of the molecule is NNc1cc(N2CCOCC2)n2nc(C(=O)NC3COC3)cc2n1. The summed E-state index contributed by atoms with van der Waals surface area (Å²) < 4.78 is 12.1. The van der Waals surface area contributed by atoms with Gasteiger partial charge in [0.1, 0.15) is 11.6 Å². The second-order valence-electron chi connectivity index (χ2n) is 5.75. The van der Waals surface area contributed by atoms with Crippen molar-refractivity contribution in [3.05, 3.63) is 17.8 Å². The van der Waals surface area contributed by atoms with Crippen molar-refractivity contribution in [1.82, 2.24) is 19.9 Å². The van der Waals surface area contributed by atoms with Crippen LogP contribution in [0.1, 0.15) is 10.5 Å². The Balaban J connectivity index is 1.69. The van der Waals surface area contributed by atoms with Gasteiger partial charge < -0.3 is 25.1 Å². The van der Waals surface area contributed by atoms with Crippen LogP contribution >= 0.6 is 0 Å². The fourth-order valence-corrected chi connectivity index (χ4v) is 2.74. The molecular formula is C14H19N7O3. The summed E-state index contributed by atoms with van der Waals surface area (Å²) >= 11 is 0. The molecule has 0 bridgehead atoms. The van der Waals surface area contributed by atoms with Gasteiger partial charge in [0.15, 0.2) is 11.3 Å². The van der Waals surface area contributed by atoms with E-state index in [4.69, 9.17) is 15.3 Å². The molecule has 4 rings (SSSR count). The van der Waals surface area contributed by atoms with Gasteiger partial charge in [-0.25, -0.2) is 10.8 Å². The summed E-state index contributed by atoms with van der Waals surface area (Å²) in [5, 5.41) is 7.30. The summed E-state index contributed by atoms with van der Waals surface area (Å²) in [7, 11) is 0. The summed E-state index contributed by atoms with van der Waals surface area (Å²) in [5.41, 5.74) is 3.44. The first-order valence-electron chi connectivity index (χ1n) is 7.83. The topological polar surface area (TPSA) is 119 Å². The molecule has 0 aliphatic carbocycles. The molecule has 0 spiro atoms. The quantitative estimate of drug-likeness (QED) is 0.480. The minimum atomic E-state index is -0.232. The van der Waals surface area contributed by atoms with Gasteiger partial charge in [-0.2, -0.15) is 9.61 Å². The first kappa shape index (κ1) is 15.1. The molecular weight excluding hydrogens is 314 g/mol. The summed E-state index contributed by atoms with van der Waals surface area (Å²) in [5.74, 6) is 6.62. The number of hydrogen-bond donors (Lipinski definition) is 3. The van der Waals surface area contributed by atoms with Crippen LogP contribution in [0.4, 0.5) is 11.6 Å². The second kappa shape index (κ2) is 6.23. The van der Waals surface area contributed by atoms with Gasteiger partial charge in [-0.15, -0.1) is 0 Å². The molecule has 2 aromatic rings. The lowest BCUT2D eigenvalue weighted by Gasteiger charge is -2.29. The number of nitrogens with two attached hydrogens (primary N) is 1. The second-order valence-corrected chi connectivity index (χ2v) is 5.75. The van der Waals surface area contributed by atoms with Crippen LogP contribution in [-0.2, 0) is 9.47 Å². The number of carbonyl (C=O) groups excluding carboxylic acids is 1. The smallest absolute Gasteiger partial charge is 0.272 e. The molecule has 24 heavy (non-hydrogen) atoms. The van der Waals surface area contributed by atoms with Gasteiger partial charge in [-0.05, 0) is 0 Å². The normalized spacial score (nSPS) is 18.5. The summed E-state index contributed by atoms with van der Waals surface area (Å²) in [4.78, 5) is 18.8. The highest BCUT2D eigenvalue weighted by molar-refractivity contribution is 5.93. The molecule has 10 nitrogen and oxygen atoms in total. The van der Waals surface area contributed by atoms with Gasteiger partial charge in [0.05, 0.1) is 32.5 Å². The van der Waals surface area contributed by atoms with Crippen LogP contribution < -0.4 is 21.5 Å². The van der Waals surface area contributed by atoms with E-state index >= 15 is 0 Å². The van der Waals surface area contributed by atoms with Crippen molar-refractivity contribution < 1.29 is 14.3 Å². The van der Waals surface area contributed by atoms with E-state index in [0.29, 0.717) is 43.6 Å². The number of nitrogens with zero attached hydrogens (tertiary/aromatic N) is 4. The molecule has 2 fully saturated rings. The maximum absolute atomic E-state index is 12.3. The van der Waals surface area contributed by atoms with Crippen LogP contribution in [0.5, 0.6) is 0 Å². The number of hydrazine groups is 1. The Morgan fingerprint density at radius 3 is 2.71 bits per heavy atom. The third kappa shape index (κ3) is 2.75. The number of nitrogens with one attached hydrogen (secondary N) is 2. The van der Waals surface area contributed by atoms with Crippen LogP contribution in [0.15, 0.2) is 12.1 Å². The molecule has 0 atom stereocenters. The van der Waals surface area contributed by atoms with Crippen molar-refractivity contribution >= 4 is 23.2 Å². The van der Waals surface area contributed by atoms with E-state index in [1.807, 2.05) is 6.07 Å². The Kier molecular flexibility index (Phi) is 3.92. The fraction of sp³-hybridized carbons (Fsp3) is 0.500. The van der Waals surface area contributed by atoms with Crippen LogP contribution in [0, 0.1) is 0 Å². The molecule has 0 aromatic carbocycles. The molecule has 128 valence electrons. The van der Waals surface area contributed by atoms with E-state index in [1.54, 1.807) is 10.6 Å². The summed E-state index contributed by atoms with van der Waals surface area (Å²) in [6, 6.07) is 3.52. The number of rotatable bonds is 4. The van der Waals surface area contributed by atoms with E-state index in [0.717, 1.165) is 18.9 Å². The Hall–Kier alpha value is -2.43. The molecule has 4 heterocycles. The number of carbonyl (C=O) groups is 1. The zero-order valence-electron chi connectivity index (χ0n) is 13.1. The average Bonchev–Trinajstić information content (AvgIpc) is 3.02. The number of fused-ring (bicyclic) bond motifs is 1. The third-order valence-corrected chi connectivity index (χ3v) is 4.10. The van der Waals surface area contributed by atoms with Crippen molar-refractivity contribution in [2.45, 2.75) is 6.04 Å². The maximum Gasteiger partial charge on any atom is 0.272 e. The zero-order chi connectivity index (χ0) is 16.5. The Labute approximate surface area is 137 Å². The third-order valence-electron chi connectivity index (χ3n) is 4.10. The van der Waals surface area contributed by atoms with Crippen molar-refractivity contribution in [2.24, 2.45) is 5.84 Å². The molecule has 1 amide bonds. The van der Waals surface area contributed by atoms with Gasteiger partial charge >= 0.3 is 0 Å². The van der Waals surface area contributed by atoms with Crippen molar-refractivity contribution in [2.75, 3.05) is 49.8 Å². The number of anilines is 2. The maximum atomic E-state index is 12.3. The molecule has 2 aliphatic rings. The number of ether oxygens (including phenoxy) is 2. The van der Waals surface area contributed by atoms with Crippen molar-refractivity contribution in [1.29, 1.82) is 0 Å². The predicted octanol–water partition coefficient (Wildman–Crippen LogP) is -1.02. The molecule has 0 unspecified atom stereocenters. The highest BCUT2D eigenvalue weighted by Crippen LogP contribution is 2.21. The van der Waals surface area contributed by atoms with E-state index < -0.39 is 0 Å². The van der Waals surface area contributed by atoms with Crippen LogP contribution in [-0.4, -0.2) is 66.1 Å². The van der Waals surface area contributed by atoms with E-state index in [9.17, 15) is 4.79 Å². The molecule has 0 saturated carbocycles. The van der Waals surface area contributed by atoms with E-state index in [1.165, 1.54) is 0 Å². The lowest BCUT2D eigenvalue weighted by molar-refractivity contribution is -0.00355. The summed E-state index contributed by atoms with van der Waals surface area (Å²) in [6.07, 6.45) is 0. The largest absolute Gasteiger partial charge is 0.378 e.